The van der Waals surface area contributed by atoms with E-state index in [4.69, 9.17) is 4.74 Å². The van der Waals surface area contributed by atoms with Gasteiger partial charge in [0.25, 0.3) is 15.9 Å². The maximum atomic E-state index is 12.5. The molecule has 0 unspecified atom stereocenters. The van der Waals surface area contributed by atoms with Crippen LogP contribution in [0.5, 0.6) is 5.75 Å². The van der Waals surface area contributed by atoms with Gasteiger partial charge in [-0.1, -0.05) is 30.4 Å². The van der Waals surface area contributed by atoms with E-state index in [9.17, 15) is 13.2 Å². The van der Waals surface area contributed by atoms with Crippen molar-refractivity contribution in [2.24, 2.45) is 0 Å². The van der Waals surface area contributed by atoms with Crippen molar-refractivity contribution in [3.63, 3.8) is 0 Å². The lowest BCUT2D eigenvalue weighted by atomic mass is 10.2. The number of aryl methyl sites for hydroxylation is 1. The van der Waals surface area contributed by atoms with Gasteiger partial charge in [-0.05, 0) is 67.6 Å². The van der Waals surface area contributed by atoms with E-state index in [1.807, 2.05) is 6.92 Å². The monoisotopic (exact) mass is 422 g/mol. The van der Waals surface area contributed by atoms with Crippen molar-refractivity contribution >= 4 is 27.3 Å². The minimum Gasteiger partial charge on any atom is -0.490 e. The van der Waals surface area contributed by atoms with Crippen LogP contribution in [-0.4, -0.2) is 20.9 Å². The van der Waals surface area contributed by atoms with E-state index in [-0.39, 0.29) is 10.8 Å². The van der Waals surface area contributed by atoms with Crippen LogP contribution in [-0.2, 0) is 10.0 Å². The fourth-order valence-corrected chi connectivity index (χ4v) is 3.67. The number of hydrogen-bond acceptors (Lipinski definition) is 4. The highest BCUT2D eigenvalue weighted by Crippen LogP contribution is 2.20. The molecule has 0 fully saturated rings. The molecule has 0 heterocycles. The van der Waals surface area contributed by atoms with Crippen LogP contribution < -0.4 is 14.8 Å². The first-order valence-corrected chi connectivity index (χ1v) is 10.7. The molecule has 0 aliphatic carbocycles. The molecule has 6 nitrogen and oxygen atoms in total. The fraction of sp³-hybridized carbons (Fsp3) is 0.0870. The van der Waals surface area contributed by atoms with Crippen molar-refractivity contribution in [1.82, 2.24) is 0 Å². The molecular weight excluding hydrogens is 400 g/mol. The standard InChI is InChI=1S/C23H22N2O4S/c1-3-16-29-21-12-6-18(7-13-21)23(26)24-19-8-10-20(11-9-19)25-30(27,28)22-14-4-17(2)5-15-22/h3-15,25H,1,16H2,2H3,(H,24,26). The summed E-state index contributed by atoms with van der Waals surface area (Å²) in [5, 5.41) is 2.78. The zero-order valence-corrected chi connectivity index (χ0v) is 17.3. The number of amides is 1. The summed E-state index contributed by atoms with van der Waals surface area (Å²) in [6, 6.07) is 19.8. The molecule has 3 aromatic rings. The number of nitrogens with one attached hydrogen (secondary N) is 2. The van der Waals surface area contributed by atoms with E-state index in [0.29, 0.717) is 29.3 Å². The third kappa shape index (κ3) is 5.48. The number of ether oxygens (including phenoxy) is 1. The Morgan fingerprint density at radius 1 is 0.933 bits per heavy atom. The Bertz CT molecular complexity index is 1120. The second-order valence-corrected chi connectivity index (χ2v) is 8.26. The highest BCUT2D eigenvalue weighted by atomic mass is 32.2. The van der Waals surface area contributed by atoms with E-state index in [1.165, 1.54) is 0 Å². The Morgan fingerprint density at radius 2 is 1.53 bits per heavy atom. The van der Waals surface area contributed by atoms with E-state index >= 15 is 0 Å². The molecular formula is C23H22N2O4S. The predicted octanol–water partition coefficient (Wildman–Crippen LogP) is 4.61. The first kappa shape index (κ1) is 21.1. The minimum absolute atomic E-state index is 0.186. The summed E-state index contributed by atoms with van der Waals surface area (Å²) < 4.78 is 32.8. The van der Waals surface area contributed by atoms with Gasteiger partial charge in [0.2, 0.25) is 0 Å². The molecule has 30 heavy (non-hydrogen) atoms. The molecule has 1 amide bonds. The highest BCUT2D eigenvalue weighted by Gasteiger charge is 2.14. The average molecular weight is 423 g/mol. The molecule has 7 heteroatoms. The minimum atomic E-state index is -3.68. The topological polar surface area (TPSA) is 84.5 Å². The molecule has 0 aromatic heterocycles. The Kier molecular flexibility index (Phi) is 6.54. The molecule has 0 atom stereocenters. The Hall–Kier alpha value is -3.58. The van der Waals surface area contributed by atoms with E-state index in [2.05, 4.69) is 16.6 Å². The lowest BCUT2D eigenvalue weighted by Gasteiger charge is -2.10. The SMILES string of the molecule is C=CCOc1ccc(C(=O)Nc2ccc(NS(=O)(=O)c3ccc(C)cc3)cc2)cc1. The van der Waals surface area contributed by atoms with Crippen LogP contribution in [0.2, 0.25) is 0 Å². The van der Waals surface area contributed by atoms with Gasteiger partial charge in [0.1, 0.15) is 12.4 Å². The van der Waals surface area contributed by atoms with Gasteiger partial charge in [-0.2, -0.15) is 0 Å². The smallest absolute Gasteiger partial charge is 0.261 e. The number of hydrogen-bond donors (Lipinski definition) is 2. The van der Waals surface area contributed by atoms with Crippen molar-refractivity contribution in [1.29, 1.82) is 0 Å². The average Bonchev–Trinajstić information content (AvgIpc) is 2.74. The number of carbonyl (C=O) groups is 1. The van der Waals surface area contributed by atoms with Gasteiger partial charge in [-0.25, -0.2) is 8.42 Å². The zero-order chi connectivity index (χ0) is 21.6. The zero-order valence-electron chi connectivity index (χ0n) is 16.5. The summed E-state index contributed by atoms with van der Waals surface area (Å²) in [4.78, 5) is 12.6. The first-order chi connectivity index (χ1) is 14.4. The Balaban J connectivity index is 1.63. The van der Waals surface area contributed by atoms with Gasteiger partial charge in [0, 0.05) is 16.9 Å². The van der Waals surface area contributed by atoms with Crippen LogP contribution >= 0.6 is 0 Å². The fourth-order valence-electron chi connectivity index (χ4n) is 2.61. The van der Waals surface area contributed by atoms with E-state index in [0.717, 1.165) is 5.56 Å². The molecule has 2 N–H and O–H groups in total. The lowest BCUT2D eigenvalue weighted by Crippen LogP contribution is -2.14. The molecule has 0 bridgehead atoms. The largest absolute Gasteiger partial charge is 0.490 e. The van der Waals surface area contributed by atoms with Crippen LogP contribution in [0.3, 0.4) is 0 Å². The molecule has 0 spiro atoms. The first-order valence-electron chi connectivity index (χ1n) is 9.22. The Morgan fingerprint density at radius 3 is 2.13 bits per heavy atom. The molecule has 0 radical (unpaired) electrons. The van der Waals surface area contributed by atoms with Crippen LogP contribution in [0.1, 0.15) is 15.9 Å². The van der Waals surface area contributed by atoms with Crippen molar-refractivity contribution in [2.45, 2.75) is 11.8 Å². The second-order valence-electron chi connectivity index (χ2n) is 6.57. The molecule has 3 rings (SSSR count). The van der Waals surface area contributed by atoms with Crippen molar-refractivity contribution in [3.05, 3.63) is 96.6 Å². The van der Waals surface area contributed by atoms with E-state index < -0.39 is 10.0 Å². The summed E-state index contributed by atoms with van der Waals surface area (Å²) in [6.45, 7) is 5.87. The second kappa shape index (κ2) is 9.28. The normalized spacial score (nSPS) is 10.8. The molecule has 3 aromatic carbocycles. The summed E-state index contributed by atoms with van der Waals surface area (Å²) in [7, 11) is -3.68. The summed E-state index contributed by atoms with van der Waals surface area (Å²) in [5.41, 5.74) is 2.40. The van der Waals surface area contributed by atoms with Crippen molar-refractivity contribution < 1.29 is 17.9 Å². The number of carbonyl (C=O) groups excluding carboxylic acids is 1. The van der Waals surface area contributed by atoms with Crippen LogP contribution in [0.25, 0.3) is 0 Å². The summed E-state index contributed by atoms with van der Waals surface area (Å²) in [5.74, 6) is 0.370. The van der Waals surface area contributed by atoms with Gasteiger partial charge < -0.3 is 10.1 Å². The maximum Gasteiger partial charge on any atom is 0.261 e. The van der Waals surface area contributed by atoms with Crippen molar-refractivity contribution in [2.75, 3.05) is 16.6 Å². The van der Waals surface area contributed by atoms with Crippen LogP contribution in [0, 0.1) is 6.92 Å². The molecule has 154 valence electrons. The molecule has 0 aliphatic heterocycles. The van der Waals surface area contributed by atoms with E-state index in [1.54, 1.807) is 78.9 Å². The van der Waals surface area contributed by atoms with Gasteiger partial charge in [0.15, 0.2) is 0 Å². The van der Waals surface area contributed by atoms with Gasteiger partial charge in [-0.15, -0.1) is 0 Å². The highest BCUT2D eigenvalue weighted by molar-refractivity contribution is 7.92. The number of sulfonamides is 1. The summed E-state index contributed by atoms with van der Waals surface area (Å²) >= 11 is 0. The van der Waals surface area contributed by atoms with Gasteiger partial charge in [-0.3, -0.25) is 9.52 Å². The number of anilines is 2. The third-order valence-corrected chi connectivity index (χ3v) is 5.61. The molecule has 0 saturated carbocycles. The maximum absolute atomic E-state index is 12.5. The number of rotatable bonds is 8. The van der Waals surface area contributed by atoms with Gasteiger partial charge in [0.05, 0.1) is 4.90 Å². The third-order valence-electron chi connectivity index (χ3n) is 4.21. The molecule has 0 aliphatic rings. The number of benzene rings is 3. The quantitative estimate of drug-likeness (QED) is 0.519. The Labute approximate surface area is 176 Å². The van der Waals surface area contributed by atoms with Crippen molar-refractivity contribution in [3.8, 4) is 5.75 Å². The molecule has 0 saturated heterocycles. The van der Waals surface area contributed by atoms with Crippen LogP contribution in [0.15, 0.2) is 90.3 Å². The summed E-state index contributed by atoms with van der Waals surface area (Å²) in [6.07, 6.45) is 1.64. The lowest BCUT2D eigenvalue weighted by molar-refractivity contribution is 0.102. The van der Waals surface area contributed by atoms with Crippen LogP contribution in [0.4, 0.5) is 11.4 Å². The predicted molar refractivity (Wildman–Crippen MR) is 119 cm³/mol. The van der Waals surface area contributed by atoms with Gasteiger partial charge >= 0.3 is 0 Å².